The number of hydrogen-bond acceptors (Lipinski definition) is 2. The SMILES string of the molecule is Cc1ccc(CN2C(=O)NC(c3ccccc3)(C(F)(F)F)C2=O)cc1. The number of urea groups is 1. The molecule has 0 bridgehead atoms. The summed E-state index contributed by atoms with van der Waals surface area (Å²) in [5.74, 6) is -1.32. The van der Waals surface area contributed by atoms with Crippen molar-refractivity contribution in [2.75, 3.05) is 0 Å². The van der Waals surface area contributed by atoms with Crippen molar-refractivity contribution in [2.24, 2.45) is 0 Å². The van der Waals surface area contributed by atoms with Gasteiger partial charge in [-0.25, -0.2) is 4.79 Å². The van der Waals surface area contributed by atoms with Gasteiger partial charge in [0.25, 0.3) is 5.91 Å². The van der Waals surface area contributed by atoms with Gasteiger partial charge < -0.3 is 5.32 Å². The van der Waals surface area contributed by atoms with Crippen LogP contribution in [-0.4, -0.2) is 23.0 Å². The Morgan fingerprint density at radius 2 is 1.60 bits per heavy atom. The van der Waals surface area contributed by atoms with Crippen molar-refractivity contribution in [3.05, 3.63) is 71.3 Å². The van der Waals surface area contributed by atoms with Crippen LogP contribution in [0.1, 0.15) is 16.7 Å². The van der Waals surface area contributed by atoms with Crippen molar-refractivity contribution in [1.29, 1.82) is 0 Å². The van der Waals surface area contributed by atoms with Gasteiger partial charge in [-0.3, -0.25) is 9.69 Å². The first-order chi connectivity index (χ1) is 11.8. The maximum Gasteiger partial charge on any atom is 0.425 e. The number of hydrogen-bond donors (Lipinski definition) is 1. The van der Waals surface area contributed by atoms with Gasteiger partial charge >= 0.3 is 12.2 Å². The Labute approximate surface area is 142 Å². The topological polar surface area (TPSA) is 49.4 Å². The maximum atomic E-state index is 13.8. The van der Waals surface area contributed by atoms with Crippen LogP contribution >= 0.6 is 0 Å². The monoisotopic (exact) mass is 348 g/mol. The number of halogens is 3. The molecule has 3 amide bonds. The number of nitrogens with one attached hydrogen (secondary N) is 1. The Bertz CT molecular complexity index is 803. The number of benzene rings is 2. The highest BCUT2D eigenvalue weighted by Gasteiger charge is 2.68. The van der Waals surface area contributed by atoms with Gasteiger partial charge in [0.05, 0.1) is 6.54 Å². The quantitative estimate of drug-likeness (QED) is 0.863. The lowest BCUT2D eigenvalue weighted by Crippen LogP contribution is -2.55. The fourth-order valence-electron chi connectivity index (χ4n) is 2.84. The summed E-state index contributed by atoms with van der Waals surface area (Å²) in [7, 11) is 0. The molecule has 2 aromatic rings. The third-order valence-electron chi connectivity index (χ3n) is 4.20. The Kier molecular flexibility index (Phi) is 4.02. The third-order valence-corrected chi connectivity index (χ3v) is 4.20. The normalized spacial score (nSPS) is 20.7. The van der Waals surface area contributed by atoms with Gasteiger partial charge in [-0.1, -0.05) is 60.2 Å². The van der Waals surface area contributed by atoms with Crippen molar-refractivity contribution in [3.63, 3.8) is 0 Å². The molecule has 130 valence electrons. The standard InChI is InChI=1S/C18H15F3N2O2/c1-12-7-9-13(10-8-12)11-23-15(24)17(18(19,20)21,22-16(23)25)14-5-3-2-4-6-14/h2-10H,11H2,1H3,(H,22,25). The minimum absolute atomic E-state index is 0.227. The van der Waals surface area contributed by atoms with Crippen LogP contribution in [-0.2, 0) is 16.9 Å². The average Bonchev–Trinajstić information content (AvgIpc) is 2.83. The molecule has 7 heteroatoms. The summed E-state index contributed by atoms with van der Waals surface area (Å²) in [6, 6.07) is 12.5. The third kappa shape index (κ3) is 2.75. The molecule has 1 N–H and O–H groups in total. The van der Waals surface area contributed by atoms with Crippen LogP contribution in [0.2, 0.25) is 0 Å². The number of aryl methyl sites for hydroxylation is 1. The van der Waals surface area contributed by atoms with E-state index in [0.29, 0.717) is 10.5 Å². The number of amides is 3. The van der Waals surface area contributed by atoms with E-state index in [2.05, 4.69) is 0 Å². The van der Waals surface area contributed by atoms with E-state index in [9.17, 15) is 22.8 Å². The van der Waals surface area contributed by atoms with Crippen LogP contribution in [0.4, 0.5) is 18.0 Å². The largest absolute Gasteiger partial charge is 0.425 e. The van der Waals surface area contributed by atoms with Gasteiger partial charge in [0, 0.05) is 0 Å². The lowest BCUT2D eigenvalue weighted by molar-refractivity contribution is -0.198. The Balaban J connectivity index is 2.01. The van der Waals surface area contributed by atoms with E-state index in [1.807, 2.05) is 12.2 Å². The summed E-state index contributed by atoms with van der Waals surface area (Å²) in [4.78, 5) is 25.5. The lowest BCUT2D eigenvalue weighted by atomic mass is 9.89. The van der Waals surface area contributed by atoms with Crippen LogP contribution in [0, 0.1) is 6.92 Å². The molecule has 0 aliphatic carbocycles. The average molecular weight is 348 g/mol. The molecule has 0 radical (unpaired) electrons. The molecule has 25 heavy (non-hydrogen) atoms. The molecule has 0 spiro atoms. The minimum Gasteiger partial charge on any atom is -0.312 e. The minimum atomic E-state index is -4.97. The molecule has 4 nitrogen and oxygen atoms in total. The maximum absolute atomic E-state index is 13.8. The van der Waals surface area contributed by atoms with E-state index in [0.717, 1.165) is 5.56 Å². The molecule has 1 atom stereocenters. The van der Waals surface area contributed by atoms with Gasteiger partial charge in [0.15, 0.2) is 0 Å². The van der Waals surface area contributed by atoms with Gasteiger partial charge in [-0.2, -0.15) is 13.2 Å². The fourth-order valence-corrected chi connectivity index (χ4v) is 2.84. The lowest BCUT2D eigenvalue weighted by Gasteiger charge is -2.29. The number of imide groups is 1. The second-order valence-corrected chi connectivity index (χ2v) is 5.92. The first kappa shape index (κ1) is 17.0. The Morgan fingerprint density at radius 3 is 2.16 bits per heavy atom. The van der Waals surface area contributed by atoms with E-state index in [1.165, 1.54) is 24.3 Å². The summed E-state index contributed by atoms with van der Waals surface area (Å²) in [6.45, 7) is 1.64. The molecule has 1 unspecified atom stereocenters. The second-order valence-electron chi connectivity index (χ2n) is 5.92. The number of nitrogens with zero attached hydrogens (tertiary/aromatic N) is 1. The van der Waals surface area contributed by atoms with E-state index in [1.54, 1.807) is 30.3 Å². The molecule has 1 saturated heterocycles. The predicted molar refractivity (Wildman–Crippen MR) is 84.4 cm³/mol. The van der Waals surface area contributed by atoms with Crippen LogP contribution in [0.5, 0.6) is 0 Å². The Hall–Kier alpha value is -2.83. The molecular formula is C18H15F3N2O2. The van der Waals surface area contributed by atoms with E-state index >= 15 is 0 Å². The first-order valence-electron chi connectivity index (χ1n) is 7.57. The number of carbonyl (C=O) groups excluding carboxylic acids is 2. The second kappa shape index (κ2) is 5.91. The van der Waals surface area contributed by atoms with Crippen LogP contribution in [0.3, 0.4) is 0 Å². The zero-order valence-electron chi connectivity index (χ0n) is 13.3. The highest BCUT2D eigenvalue weighted by molar-refractivity contribution is 6.08. The van der Waals surface area contributed by atoms with Crippen molar-refractivity contribution < 1.29 is 22.8 Å². The summed E-state index contributed by atoms with van der Waals surface area (Å²) in [5.41, 5.74) is -1.84. The highest BCUT2D eigenvalue weighted by atomic mass is 19.4. The summed E-state index contributed by atoms with van der Waals surface area (Å²) >= 11 is 0. The smallest absolute Gasteiger partial charge is 0.312 e. The molecular weight excluding hydrogens is 333 g/mol. The van der Waals surface area contributed by atoms with E-state index in [4.69, 9.17) is 0 Å². The van der Waals surface area contributed by atoms with Crippen molar-refractivity contribution >= 4 is 11.9 Å². The van der Waals surface area contributed by atoms with Crippen LogP contribution in [0.25, 0.3) is 0 Å². The molecule has 1 aliphatic rings. The van der Waals surface area contributed by atoms with Gasteiger partial charge in [0.2, 0.25) is 5.54 Å². The van der Waals surface area contributed by atoms with Crippen LogP contribution < -0.4 is 5.32 Å². The summed E-state index contributed by atoms with van der Waals surface area (Å²) in [6.07, 6.45) is -4.97. The summed E-state index contributed by atoms with van der Waals surface area (Å²) in [5, 5.41) is 1.87. The molecule has 3 rings (SSSR count). The predicted octanol–water partition coefficient (Wildman–Crippen LogP) is 3.50. The van der Waals surface area contributed by atoms with Gasteiger partial charge in [-0.15, -0.1) is 0 Å². The fraction of sp³-hybridized carbons (Fsp3) is 0.222. The highest BCUT2D eigenvalue weighted by Crippen LogP contribution is 2.43. The van der Waals surface area contributed by atoms with E-state index in [-0.39, 0.29) is 12.1 Å². The van der Waals surface area contributed by atoms with Crippen molar-refractivity contribution in [1.82, 2.24) is 10.2 Å². The number of carbonyl (C=O) groups is 2. The number of alkyl halides is 3. The molecule has 1 heterocycles. The zero-order chi connectivity index (χ0) is 18.2. The molecule has 0 aromatic heterocycles. The molecule has 1 aliphatic heterocycles. The molecule has 2 aromatic carbocycles. The zero-order valence-corrected chi connectivity index (χ0v) is 13.3. The van der Waals surface area contributed by atoms with Gasteiger partial charge in [0.1, 0.15) is 0 Å². The van der Waals surface area contributed by atoms with Gasteiger partial charge in [-0.05, 0) is 18.1 Å². The van der Waals surface area contributed by atoms with E-state index < -0.39 is 23.7 Å². The molecule has 1 fully saturated rings. The Morgan fingerprint density at radius 1 is 1.00 bits per heavy atom. The first-order valence-corrected chi connectivity index (χ1v) is 7.57. The van der Waals surface area contributed by atoms with Crippen molar-refractivity contribution in [2.45, 2.75) is 25.2 Å². The molecule has 0 saturated carbocycles. The number of rotatable bonds is 3. The van der Waals surface area contributed by atoms with Crippen LogP contribution in [0.15, 0.2) is 54.6 Å². The van der Waals surface area contributed by atoms with Crippen molar-refractivity contribution in [3.8, 4) is 0 Å². The summed E-state index contributed by atoms with van der Waals surface area (Å²) < 4.78 is 41.5.